The lowest BCUT2D eigenvalue weighted by Crippen LogP contribution is -2.58. The number of hydrogen-bond donors (Lipinski definition) is 1. The molecule has 1 aliphatic carbocycles. The third-order valence-electron chi connectivity index (χ3n) is 5.21. The van der Waals surface area contributed by atoms with E-state index < -0.39 is 53.9 Å². The van der Waals surface area contributed by atoms with Crippen molar-refractivity contribution in [3.8, 4) is 6.07 Å². The predicted octanol–water partition coefficient (Wildman–Crippen LogP) is 1.21. The number of aliphatic hydroxyl groups is 1. The Kier molecular flexibility index (Phi) is 4.40. The van der Waals surface area contributed by atoms with Gasteiger partial charge in [-0.1, -0.05) is 0 Å². The number of piperidine rings is 1. The maximum Gasteiger partial charge on any atom is 0.411 e. The summed E-state index contributed by atoms with van der Waals surface area (Å²) in [5.41, 5.74) is -0.799. The normalized spacial score (nSPS) is 37.3. The Hall–Kier alpha value is -1.88. The molecule has 138 valence electrons. The van der Waals surface area contributed by atoms with E-state index in [2.05, 4.69) is 6.07 Å². The van der Waals surface area contributed by atoms with Crippen molar-refractivity contribution in [3.05, 3.63) is 0 Å². The predicted molar refractivity (Wildman–Crippen MR) is 85.0 cm³/mol. The van der Waals surface area contributed by atoms with E-state index >= 15 is 0 Å². The van der Waals surface area contributed by atoms with Crippen LogP contribution in [0.1, 0.15) is 40.0 Å². The van der Waals surface area contributed by atoms with Crippen LogP contribution in [0.3, 0.4) is 0 Å². The Labute approximate surface area is 146 Å². The molecule has 0 spiro atoms. The van der Waals surface area contributed by atoms with Crippen LogP contribution < -0.4 is 0 Å². The second-order valence-electron chi connectivity index (χ2n) is 8.05. The number of ether oxygens (including phenoxy) is 1. The molecular weight excluding hydrogens is 329 g/mol. The van der Waals surface area contributed by atoms with Gasteiger partial charge in [-0.2, -0.15) is 5.26 Å². The lowest BCUT2D eigenvalue weighted by Gasteiger charge is -2.38. The van der Waals surface area contributed by atoms with Gasteiger partial charge in [-0.25, -0.2) is 9.18 Å². The number of nitriles is 1. The fourth-order valence-electron chi connectivity index (χ4n) is 4.23. The van der Waals surface area contributed by atoms with Crippen molar-refractivity contribution >= 4 is 12.0 Å². The summed E-state index contributed by atoms with van der Waals surface area (Å²) in [6.07, 6.45) is -1.86. The van der Waals surface area contributed by atoms with Gasteiger partial charge in [-0.05, 0) is 40.0 Å². The Morgan fingerprint density at radius 3 is 2.64 bits per heavy atom. The highest BCUT2D eigenvalue weighted by Gasteiger charge is 2.63. The van der Waals surface area contributed by atoms with E-state index in [1.54, 1.807) is 20.8 Å². The molecule has 8 heteroatoms. The average Bonchev–Trinajstić information content (AvgIpc) is 3.16. The van der Waals surface area contributed by atoms with Crippen molar-refractivity contribution in [1.29, 1.82) is 5.26 Å². The highest BCUT2D eigenvalue weighted by molar-refractivity contribution is 5.88. The van der Waals surface area contributed by atoms with Crippen LogP contribution in [-0.2, 0) is 9.53 Å². The quantitative estimate of drug-likeness (QED) is 0.765. The van der Waals surface area contributed by atoms with Crippen molar-refractivity contribution in [2.24, 2.45) is 5.92 Å². The minimum atomic E-state index is -1.47. The van der Waals surface area contributed by atoms with E-state index in [1.807, 2.05) is 0 Å². The second kappa shape index (κ2) is 6.13. The molecule has 1 saturated carbocycles. The molecule has 2 saturated heterocycles. The molecule has 0 aromatic rings. The molecule has 2 amide bonds. The van der Waals surface area contributed by atoms with Gasteiger partial charge in [0.25, 0.3) is 0 Å². The van der Waals surface area contributed by atoms with Crippen LogP contribution in [0, 0.1) is 17.2 Å². The number of alkyl halides is 1. The monoisotopic (exact) mass is 353 g/mol. The van der Waals surface area contributed by atoms with Gasteiger partial charge in [0.05, 0.1) is 18.2 Å². The van der Waals surface area contributed by atoms with Gasteiger partial charge in [0.15, 0.2) is 0 Å². The van der Waals surface area contributed by atoms with Crippen LogP contribution in [0.15, 0.2) is 0 Å². The van der Waals surface area contributed by atoms with Crippen molar-refractivity contribution in [3.63, 3.8) is 0 Å². The maximum absolute atomic E-state index is 14.7. The highest BCUT2D eigenvalue weighted by Crippen LogP contribution is 2.46. The molecule has 3 aliphatic rings. The second-order valence-corrected chi connectivity index (χ2v) is 8.05. The van der Waals surface area contributed by atoms with Crippen LogP contribution in [0.5, 0.6) is 0 Å². The first-order valence-electron chi connectivity index (χ1n) is 8.69. The first-order chi connectivity index (χ1) is 11.7. The van der Waals surface area contributed by atoms with Gasteiger partial charge in [-0.3, -0.25) is 9.69 Å². The molecule has 3 rings (SSSR count). The average molecular weight is 353 g/mol. The molecular formula is C17H24FN3O4. The van der Waals surface area contributed by atoms with Crippen LogP contribution in [0.2, 0.25) is 0 Å². The topological polar surface area (TPSA) is 93.9 Å². The van der Waals surface area contributed by atoms with Crippen molar-refractivity contribution in [1.82, 2.24) is 9.80 Å². The summed E-state index contributed by atoms with van der Waals surface area (Å²) in [6, 6.07) is -0.548. The van der Waals surface area contributed by atoms with Crippen molar-refractivity contribution in [2.45, 2.75) is 76.0 Å². The van der Waals surface area contributed by atoms with Gasteiger partial charge in [-0.15, -0.1) is 0 Å². The smallest absolute Gasteiger partial charge is 0.411 e. The summed E-state index contributed by atoms with van der Waals surface area (Å²) < 4.78 is 20.0. The van der Waals surface area contributed by atoms with E-state index in [9.17, 15) is 24.3 Å². The van der Waals surface area contributed by atoms with E-state index in [0.717, 1.165) is 4.90 Å². The lowest BCUT2D eigenvalue weighted by atomic mass is 9.95. The van der Waals surface area contributed by atoms with Crippen LogP contribution in [0.4, 0.5) is 9.18 Å². The molecule has 1 N–H and O–H groups in total. The number of halogens is 1. The molecule has 25 heavy (non-hydrogen) atoms. The Morgan fingerprint density at radius 1 is 1.36 bits per heavy atom. The molecule has 3 fully saturated rings. The molecule has 0 aromatic heterocycles. The summed E-state index contributed by atoms with van der Waals surface area (Å²) in [5.74, 6) is -1.18. The van der Waals surface area contributed by atoms with Crippen LogP contribution in [0.25, 0.3) is 0 Å². The molecule has 7 nitrogen and oxygen atoms in total. The summed E-state index contributed by atoms with van der Waals surface area (Å²) >= 11 is 0. The molecule has 2 heterocycles. The van der Waals surface area contributed by atoms with Gasteiger partial charge >= 0.3 is 6.09 Å². The van der Waals surface area contributed by atoms with Gasteiger partial charge < -0.3 is 14.7 Å². The van der Waals surface area contributed by atoms with E-state index in [4.69, 9.17) is 4.74 Å². The zero-order valence-electron chi connectivity index (χ0n) is 14.7. The Balaban J connectivity index is 1.89. The minimum Gasteiger partial charge on any atom is -0.444 e. The summed E-state index contributed by atoms with van der Waals surface area (Å²) in [4.78, 5) is 28.1. The molecule has 1 unspecified atom stereocenters. The number of carbonyl (C=O) groups excluding carboxylic acids is 2. The number of hydrogen-bond acceptors (Lipinski definition) is 5. The van der Waals surface area contributed by atoms with Crippen molar-refractivity contribution in [2.75, 3.05) is 6.54 Å². The van der Waals surface area contributed by atoms with E-state index in [1.165, 1.54) is 4.90 Å². The van der Waals surface area contributed by atoms with E-state index in [0.29, 0.717) is 19.4 Å². The van der Waals surface area contributed by atoms with Crippen LogP contribution in [-0.4, -0.2) is 69.5 Å². The number of carbonyl (C=O) groups is 2. The first kappa shape index (κ1) is 17.9. The van der Waals surface area contributed by atoms with Gasteiger partial charge in [0.1, 0.15) is 23.9 Å². The van der Waals surface area contributed by atoms with E-state index in [-0.39, 0.29) is 6.42 Å². The lowest BCUT2D eigenvalue weighted by molar-refractivity contribution is -0.140. The largest absolute Gasteiger partial charge is 0.444 e. The number of fused-ring (bicyclic) bond motifs is 2. The molecule has 0 radical (unpaired) electrons. The number of rotatable bonds is 1. The number of aliphatic hydroxyl groups excluding tert-OH is 1. The Morgan fingerprint density at radius 2 is 2.04 bits per heavy atom. The third-order valence-corrected chi connectivity index (χ3v) is 5.21. The summed E-state index contributed by atoms with van der Waals surface area (Å²) in [6.45, 7) is 5.48. The van der Waals surface area contributed by atoms with Crippen molar-refractivity contribution < 1.29 is 23.8 Å². The van der Waals surface area contributed by atoms with Crippen LogP contribution >= 0.6 is 0 Å². The van der Waals surface area contributed by atoms with Gasteiger partial charge in [0.2, 0.25) is 5.91 Å². The third kappa shape index (κ3) is 2.95. The first-order valence-corrected chi connectivity index (χ1v) is 8.69. The SMILES string of the molecule is CC(C)(C)OC(=O)N1[C@H](C(=O)N2CCC[C@H]2C#N)[C@@H]2C[C@@H](O)[C@H]1C2F. The fraction of sp³-hybridized carbons (Fsp3) is 0.824. The summed E-state index contributed by atoms with van der Waals surface area (Å²) in [5, 5.41) is 19.3. The zero-order chi connectivity index (χ0) is 18.5. The molecule has 6 atom stereocenters. The van der Waals surface area contributed by atoms with Gasteiger partial charge in [0, 0.05) is 12.5 Å². The Bertz CT molecular complexity index is 614. The minimum absolute atomic E-state index is 0.132. The molecule has 2 bridgehead atoms. The highest BCUT2D eigenvalue weighted by atomic mass is 19.1. The number of likely N-dealkylation sites (tertiary alicyclic amines) is 2. The molecule has 2 aliphatic heterocycles. The fourth-order valence-corrected chi connectivity index (χ4v) is 4.23. The standard InChI is InChI=1S/C17H24FN3O4/c1-17(2,3)25-16(24)21-13(10-7-11(22)14(21)12(10)18)15(23)20-6-4-5-9(20)8-19/h9-14,22H,4-7H2,1-3H3/t9-,10+,11+,12?,13-,14-/m0/s1. The molecule has 0 aromatic carbocycles. The number of nitrogens with zero attached hydrogens (tertiary/aromatic N) is 3. The summed E-state index contributed by atoms with van der Waals surface area (Å²) in [7, 11) is 0. The number of amides is 2. The zero-order valence-corrected chi connectivity index (χ0v) is 14.7. The maximum atomic E-state index is 14.7.